The van der Waals surface area contributed by atoms with Crippen LogP contribution in [0.4, 0.5) is 0 Å². The third kappa shape index (κ3) is 5.34. The summed E-state index contributed by atoms with van der Waals surface area (Å²) in [5.41, 5.74) is 0. The van der Waals surface area contributed by atoms with Crippen molar-refractivity contribution in [3.05, 3.63) is 4.91 Å². The van der Waals surface area contributed by atoms with Gasteiger partial charge in [0.15, 0.2) is 5.78 Å². The summed E-state index contributed by atoms with van der Waals surface area (Å²) in [6.07, 6.45) is 0. The Bertz CT molecular complexity index is 195. The van der Waals surface area contributed by atoms with Gasteiger partial charge in [0.25, 0.3) is 0 Å². The summed E-state index contributed by atoms with van der Waals surface area (Å²) in [6.45, 7) is 7.66. The van der Waals surface area contributed by atoms with Crippen molar-refractivity contribution in [2.24, 2.45) is 10.5 Å². The van der Waals surface area contributed by atoms with Crippen LogP contribution < -0.4 is 5.32 Å². The Labute approximate surface area is 89.3 Å². The van der Waals surface area contributed by atoms with Gasteiger partial charge in [-0.25, -0.2) is 0 Å². The highest BCUT2D eigenvalue weighted by atomic mass is 32.2. The van der Waals surface area contributed by atoms with E-state index in [1.807, 2.05) is 27.7 Å². The van der Waals surface area contributed by atoms with Crippen LogP contribution in [0.15, 0.2) is 4.58 Å². The van der Waals surface area contributed by atoms with Crippen molar-refractivity contribution in [3.8, 4) is 0 Å². The Hall–Kier alpha value is -0.420. The lowest BCUT2D eigenvalue weighted by Crippen LogP contribution is -2.44. The predicted octanol–water partition coefficient (Wildman–Crippen LogP) is 1.99. The van der Waals surface area contributed by atoms with E-state index in [9.17, 15) is 9.70 Å². The summed E-state index contributed by atoms with van der Waals surface area (Å²) in [5.74, 6) is 0.534. The maximum atomic E-state index is 11.7. The molecule has 1 unspecified atom stereocenters. The van der Waals surface area contributed by atoms with Gasteiger partial charge in [-0.2, -0.15) is 0 Å². The van der Waals surface area contributed by atoms with Crippen LogP contribution in [0, 0.1) is 10.8 Å². The van der Waals surface area contributed by atoms with E-state index in [1.165, 1.54) is 0 Å². The molecule has 0 aromatic heterocycles. The number of hydrogen-bond acceptors (Lipinski definition) is 5. The van der Waals surface area contributed by atoms with Crippen molar-refractivity contribution < 1.29 is 4.79 Å². The molecule has 0 radical (unpaired) electrons. The second kappa shape index (κ2) is 6.95. The fourth-order valence-corrected chi connectivity index (χ4v) is 1.59. The standard InChI is InChI=1S/C9H18N2O2S/c1-6(2)9(12)8(5-14-11-13)10-7(3)4/h6-8,10H,5H2,1-4H3. The molecule has 0 aliphatic heterocycles. The number of carbonyl (C=O) groups excluding carboxylic acids is 1. The fourth-order valence-electron chi connectivity index (χ4n) is 1.12. The molecule has 1 atom stereocenters. The molecule has 0 aromatic carbocycles. The molecule has 0 saturated heterocycles. The average molecular weight is 218 g/mol. The van der Waals surface area contributed by atoms with Crippen molar-refractivity contribution in [2.45, 2.75) is 39.8 Å². The second-order valence-electron chi connectivity index (χ2n) is 3.80. The van der Waals surface area contributed by atoms with E-state index in [0.29, 0.717) is 5.75 Å². The fraction of sp³-hybridized carbons (Fsp3) is 0.889. The van der Waals surface area contributed by atoms with Crippen LogP contribution in [0.25, 0.3) is 0 Å². The summed E-state index contributed by atoms with van der Waals surface area (Å²) in [7, 11) is 0. The molecule has 0 fully saturated rings. The summed E-state index contributed by atoms with van der Waals surface area (Å²) in [4.78, 5) is 21.6. The molecule has 0 spiro atoms. The molecule has 0 rings (SSSR count). The minimum atomic E-state index is -0.266. The van der Waals surface area contributed by atoms with E-state index >= 15 is 0 Å². The monoisotopic (exact) mass is 218 g/mol. The van der Waals surface area contributed by atoms with Crippen molar-refractivity contribution >= 4 is 17.7 Å². The smallest absolute Gasteiger partial charge is 0.153 e. The topological polar surface area (TPSA) is 58.5 Å². The lowest BCUT2D eigenvalue weighted by atomic mass is 10.0. The Kier molecular flexibility index (Phi) is 6.74. The number of ketones is 1. The van der Waals surface area contributed by atoms with Crippen molar-refractivity contribution in [2.75, 3.05) is 5.75 Å². The van der Waals surface area contributed by atoms with Gasteiger partial charge in [-0.15, -0.1) is 4.91 Å². The highest BCUT2D eigenvalue weighted by Gasteiger charge is 2.21. The van der Waals surface area contributed by atoms with Gasteiger partial charge in [0.1, 0.15) is 0 Å². The number of nitrogens with one attached hydrogen (secondary N) is 1. The number of carbonyl (C=O) groups is 1. The first kappa shape index (κ1) is 13.6. The summed E-state index contributed by atoms with van der Waals surface area (Å²) in [6, 6.07) is -0.0346. The SMILES string of the molecule is CC(C)NC(CSN=O)C(=O)C(C)C. The van der Waals surface area contributed by atoms with Crippen molar-refractivity contribution in [1.29, 1.82) is 0 Å². The predicted molar refractivity (Wildman–Crippen MR) is 60.2 cm³/mol. The third-order valence-corrected chi connectivity index (χ3v) is 2.33. The maximum absolute atomic E-state index is 11.7. The molecule has 14 heavy (non-hydrogen) atoms. The van der Waals surface area contributed by atoms with Crippen molar-refractivity contribution in [1.82, 2.24) is 5.32 Å². The molecule has 1 N–H and O–H groups in total. The van der Waals surface area contributed by atoms with Crippen LogP contribution in [0.1, 0.15) is 27.7 Å². The van der Waals surface area contributed by atoms with Crippen LogP contribution in [-0.4, -0.2) is 23.6 Å². The molecule has 0 amide bonds. The van der Waals surface area contributed by atoms with Crippen LogP contribution in [0.2, 0.25) is 0 Å². The summed E-state index contributed by atoms with van der Waals surface area (Å²) in [5, 5.41) is 3.13. The minimum Gasteiger partial charge on any atom is -0.304 e. The van der Waals surface area contributed by atoms with Gasteiger partial charge in [0.05, 0.1) is 6.04 Å². The van der Waals surface area contributed by atoms with Gasteiger partial charge in [-0.3, -0.25) is 4.79 Å². The second-order valence-corrected chi connectivity index (χ2v) is 4.54. The molecule has 0 bridgehead atoms. The van der Waals surface area contributed by atoms with Gasteiger partial charge in [-0.05, 0) is 0 Å². The highest BCUT2D eigenvalue weighted by molar-refractivity contribution is 7.97. The number of hydrogen-bond donors (Lipinski definition) is 1. The molecular formula is C9H18N2O2S. The lowest BCUT2D eigenvalue weighted by Gasteiger charge is -2.20. The Morgan fingerprint density at radius 1 is 1.36 bits per heavy atom. The quantitative estimate of drug-likeness (QED) is 0.524. The Morgan fingerprint density at radius 3 is 2.29 bits per heavy atom. The Morgan fingerprint density at radius 2 is 1.93 bits per heavy atom. The van der Waals surface area contributed by atoms with Crippen LogP contribution in [-0.2, 0) is 4.79 Å². The highest BCUT2D eigenvalue weighted by Crippen LogP contribution is 2.09. The van der Waals surface area contributed by atoms with E-state index in [2.05, 4.69) is 9.90 Å². The molecule has 4 nitrogen and oxygen atoms in total. The van der Waals surface area contributed by atoms with E-state index in [4.69, 9.17) is 0 Å². The first-order valence-corrected chi connectivity index (χ1v) is 5.67. The number of nitroso groups, excluding NO2 is 1. The van der Waals surface area contributed by atoms with Crippen LogP contribution in [0.5, 0.6) is 0 Å². The minimum absolute atomic E-state index is 0.0153. The molecule has 0 saturated carbocycles. The summed E-state index contributed by atoms with van der Waals surface area (Å²) < 4.78 is 2.70. The number of nitrogens with zero attached hydrogens (tertiary/aromatic N) is 1. The third-order valence-electron chi connectivity index (χ3n) is 1.74. The molecule has 0 aliphatic carbocycles. The van der Waals surface area contributed by atoms with Crippen LogP contribution >= 0.6 is 11.9 Å². The molecule has 0 aliphatic rings. The molecule has 5 heteroatoms. The molecule has 82 valence electrons. The average Bonchev–Trinajstić information content (AvgIpc) is 2.10. The van der Waals surface area contributed by atoms with Crippen LogP contribution in [0.3, 0.4) is 0 Å². The van der Waals surface area contributed by atoms with Gasteiger partial charge < -0.3 is 5.32 Å². The normalized spacial score (nSPS) is 13.3. The van der Waals surface area contributed by atoms with E-state index in [1.54, 1.807) is 0 Å². The van der Waals surface area contributed by atoms with Crippen molar-refractivity contribution in [3.63, 3.8) is 0 Å². The van der Waals surface area contributed by atoms with Gasteiger partial charge in [0, 0.05) is 34.2 Å². The zero-order valence-electron chi connectivity index (χ0n) is 9.11. The molecular weight excluding hydrogens is 200 g/mol. The first-order valence-electron chi connectivity index (χ1n) is 4.73. The first-order chi connectivity index (χ1) is 6.49. The zero-order chi connectivity index (χ0) is 11.1. The van der Waals surface area contributed by atoms with E-state index in [-0.39, 0.29) is 23.8 Å². The zero-order valence-corrected chi connectivity index (χ0v) is 9.93. The number of rotatable bonds is 7. The molecule has 0 heterocycles. The summed E-state index contributed by atoms with van der Waals surface area (Å²) >= 11 is 0.890. The van der Waals surface area contributed by atoms with Gasteiger partial charge >= 0.3 is 0 Å². The van der Waals surface area contributed by atoms with Gasteiger partial charge in [-0.1, -0.05) is 27.7 Å². The van der Waals surface area contributed by atoms with E-state index < -0.39 is 0 Å². The number of Topliss-reactive ketones (excluding diaryl/α,β-unsaturated/α-hetero) is 1. The van der Waals surface area contributed by atoms with E-state index in [0.717, 1.165) is 11.9 Å². The molecule has 0 aromatic rings. The Balaban J connectivity index is 4.22. The largest absolute Gasteiger partial charge is 0.304 e. The maximum Gasteiger partial charge on any atom is 0.153 e. The lowest BCUT2D eigenvalue weighted by molar-refractivity contribution is -0.123. The van der Waals surface area contributed by atoms with Gasteiger partial charge in [0.2, 0.25) is 0 Å².